The van der Waals surface area contributed by atoms with E-state index < -0.39 is 21.2 Å². The second-order valence-electron chi connectivity index (χ2n) is 3.72. The van der Waals surface area contributed by atoms with Crippen LogP contribution in [0.5, 0.6) is 0 Å². The summed E-state index contributed by atoms with van der Waals surface area (Å²) in [5.74, 6) is -0.847. The Balaban J connectivity index is 3.09. The Morgan fingerprint density at radius 3 is 2.53 bits per heavy atom. The molecule has 0 aliphatic heterocycles. The van der Waals surface area contributed by atoms with Gasteiger partial charge in [0.05, 0.1) is 12.8 Å². The summed E-state index contributed by atoms with van der Waals surface area (Å²) < 4.78 is 30.7. The zero-order chi connectivity index (χ0) is 14.6. The number of esters is 1. The number of benzene rings is 1. The van der Waals surface area contributed by atoms with Gasteiger partial charge < -0.3 is 10.5 Å². The van der Waals surface area contributed by atoms with Gasteiger partial charge in [0.2, 0.25) is 10.0 Å². The lowest BCUT2D eigenvalue weighted by atomic mass is 10.2. The summed E-state index contributed by atoms with van der Waals surface area (Å²) >= 11 is 4.83. The van der Waals surface area contributed by atoms with Crippen LogP contribution in [0.4, 0.5) is 5.69 Å². The van der Waals surface area contributed by atoms with Crippen molar-refractivity contribution in [1.29, 1.82) is 0 Å². The van der Waals surface area contributed by atoms with Gasteiger partial charge in [-0.25, -0.2) is 8.42 Å². The van der Waals surface area contributed by atoms with Crippen LogP contribution in [0.3, 0.4) is 0 Å². The quantitative estimate of drug-likeness (QED) is 0.611. The number of nitrogens with one attached hydrogen (secondary N) is 1. The molecule has 0 saturated heterocycles. The Labute approximate surface area is 117 Å². The number of carbonyl (C=O) groups excluding carboxylic acids is 1. The Hall–Kier alpha value is -1.67. The minimum Gasteiger partial charge on any atom is -0.468 e. The maximum atomic E-state index is 12.0. The Morgan fingerprint density at radius 2 is 2.00 bits per heavy atom. The number of rotatable bonds is 5. The van der Waals surface area contributed by atoms with E-state index in [4.69, 9.17) is 18.0 Å². The molecule has 0 bridgehead atoms. The molecule has 6 nitrogen and oxygen atoms in total. The first-order valence-corrected chi connectivity index (χ1v) is 7.23. The number of ether oxygens (including phenoxy) is 1. The normalized spacial score (nSPS) is 12.5. The van der Waals surface area contributed by atoms with Gasteiger partial charge in [-0.05, 0) is 19.1 Å². The third-order valence-corrected chi connectivity index (χ3v) is 4.29. The highest BCUT2D eigenvalue weighted by Crippen LogP contribution is 2.18. The number of hydrogen-bond acceptors (Lipinski definition) is 5. The number of anilines is 1. The summed E-state index contributed by atoms with van der Waals surface area (Å²) in [4.78, 5) is 11.3. The summed E-state index contributed by atoms with van der Waals surface area (Å²) in [6.45, 7) is 1.23. The van der Waals surface area contributed by atoms with Crippen LogP contribution < -0.4 is 10.5 Å². The van der Waals surface area contributed by atoms with Crippen molar-refractivity contribution < 1.29 is 17.9 Å². The van der Waals surface area contributed by atoms with Crippen LogP contribution in [0.25, 0.3) is 0 Å². The first-order chi connectivity index (χ1) is 8.79. The van der Waals surface area contributed by atoms with E-state index in [9.17, 15) is 13.2 Å². The van der Waals surface area contributed by atoms with Crippen molar-refractivity contribution in [2.45, 2.75) is 12.2 Å². The van der Waals surface area contributed by atoms with Gasteiger partial charge in [0.15, 0.2) is 5.25 Å². The lowest BCUT2D eigenvalue weighted by Crippen LogP contribution is -2.33. The zero-order valence-corrected chi connectivity index (χ0v) is 12.0. The monoisotopic (exact) mass is 302 g/mol. The minimum atomic E-state index is -3.92. The molecule has 0 aromatic heterocycles. The van der Waals surface area contributed by atoms with Gasteiger partial charge in [0.1, 0.15) is 4.99 Å². The van der Waals surface area contributed by atoms with E-state index in [1.54, 1.807) is 18.2 Å². The lowest BCUT2D eigenvalue weighted by molar-refractivity contribution is -0.139. The molecule has 0 saturated carbocycles. The number of nitrogens with two attached hydrogens (primary N) is 1. The number of para-hydroxylation sites is 1. The van der Waals surface area contributed by atoms with E-state index in [1.807, 2.05) is 0 Å². The predicted octanol–water partition coefficient (Wildman–Crippen LogP) is 0.624. The molecular weight excluding hydrogens is 288 g/mol. The molecule has 0 heterocycles. The van der Waals surface area contributed by atoms with E-state index in [0.717, 1.165) is 7.11 Å². The molecule has 8 heteroatoms. The Morgan fingerprint density at radius 1 is 1.42 bits per heavy atom. The van der Waals surface area contributed by atoms with Gasteiger partial charge in [0, 0.05) is 5.56 Å². The first-order valence-electron chi connectivity index (χ1n) is 5.28. The van der Waals surface area contributed by atoms with Crippen LogP contribution in [0.1, 0.15) is 12.5 Å². The summed E-state index contributed by atoms with van der Waals surface area (Å²) in [5.41, 5.74) is 6.12. The molecule has 3 N–H and O–H groups in total. The molecule has 19 heavy (non-hydrogen) atoms. The van der Waals surface area contributed by atoms with E-state index in [2.05, 4.69) is 9.46 Å². The average Bonchev–Trinajstić information content (AvgIpc) is 2.36. The summed E-state index contributed by atoms with van der Waals surface area (Å²) in [6, 6.07) is 6.40. The average molecular weight is 302 g/mol. The van der Waals surface area contributed by atoms with Crippen molar-refractivity contribution in [3.63, 3.8) is 0 Å². The van der Waals surface area contributed by atoms with Crippen molar-refractivity contribution in [2.75, 3.05) is 11.8 Å². The molecule has 1 aromatic rings. The number of thiocarbonyl (C=S) groups is 1. The zero-order valence-electron chi connectivity index (χ0n) is 10.4. The first kappa shape index (κ1) is 15.4. The van der Waals surface area contributed by atoms with Crippen LogP contribution in [-0.2, 0) is 19.6 Å². The lowest BCUT2D eigenvalue weighted by Gasteiger charge is -2.15. The van der Waals surface area contributed by atoms with Crippen molar-refractivity contribution in [1.82, 2.24) is 0 Å². The smallest absolute Gasteiger partial charge is 0.325 e. The molecule has 0 fully saturated rings. The maximum absolute atomic E-state index is 12.0. The SMILES string of the molecule is COC(=O)C(C)S(=O)(=O)Nc1ccccc1C(N)=S. The van der Waals surface area contributed by atoms with E-state index in [1.165, 1.54) is 13.0 Å². The molecule has 0 aliphatic rings. The second kappa shape index (κ2) is 5.98. The summed E-state index contributed by atoms with van der Waals surface area (Å²) in [5, 5.41) is -1.34. The molecule has 0 spiro atoms. The second-order valence-corrected chi connectivity index (χ2v) is 6.16. The topological polar surface area (TPSA) is 98.5 Å². The Kier molecular flexibility index (Phi) is 4.84. The van der Waals surface area contributed by atoms with Gasteiger partial charge in [0.25, 0.3) is 0 Å². The highest BCUT2D eigenvalue weighted by Gasteiger charge is 2.29. The van der Waals surface area contributed by atoms with Crippen LogP contribution in [0, 0.1) is 0 Å². The summed E-state index contributed by atoms with van der Waals surface area (Å²) in [6.07, 6.45) is 0. The van der Waals surface area contributed by atoms with Gasteiger partial charge in [-0.2, -0.15) is 0 Å². The number of hydrogen-bond donors (Lipinski definition) is 2. The largest absolute Gasteiger partial charge is 0.468 e. The summed E-state index contributed by atoms with van der Waals surface area (Å²) in [7, 11) is -2.80. The molecule has 1 aromatic carbocycles. The fourth-order valence-electron chi connectivity index (χ4n) is 1.32. The molecule has 1 rings (SSSR count). The molecule has 104 valence electrons. The van der Waals surface area contributed by atoms with Crippen molar-refractivity contribution in [3.05, 3.63) is 29.8 Å². The highest BCUT2D eigenvalue weighted by molar-refractivity contribution is 7.94. The van der Waals surface area contributed by atoms with Gasteiger partial charge in [-0.3, -0.25) is 9.52 Å². The molecule has 0 radical (unpaired) electrons. The molecule has 0 aliphatic carbocycles. The number of sulfonamides is 1. The van der Waals surface area contributed by atoms with Gasteiger partial charge in [-0.1, -0.05) is 24.4 Å². The van der Waals surface area contributed by atoms with Gasteiger partial charge in [-0.15, -0.1) is 0 Å². The molecule has 1 atom stereocenters. The molecular formula is C11H14N2O4S2. The van der Waals surface area contributed by atoms with E-state index >= 15 is 0 Å². The minimum absolute atomic E-state index is 0.0593. The van der Waals surface area contributed by atoms with Crippen molar-refractivity contribution >= 4 is 38.9 Å². The fraction of sp³-hybridized carbons (Fsp3) is 0.273. The fourth-order valence-corrected chi connectivity index (χ4v) is 2.51. The standard InChI is InChI=1S/C11H14N2O4S2/c1-7(11(14)17-2)19(15,16)13-9-6-4-3-5-8(9)10(12)18/h3-7,13H,1-2H3,(H2,12,18). The molecule has 0 amide bonds. The van der Waals surface area contributed by atoms with Crippen LogP contribution in [-0.4, -0.2) is 31.7 Å². The van der Waals surface area contributed by atoms with Crippen LogP contribution >= 0.6 is 12.2 Å². The third kappa shape index (κ3) is 3.65. The predicted molar refractivity (Wildman–Crippen MR) is 76.3 cm³/mol. The van der Waals surface area contributed by atoms with Crippen molar-refractivity contribution in [2.24, 2.45) is 5.73 Å². The van der Waals surface area contributed by atoms with Gasteiger partial charge >= 0.3 is 5.97 Å². The third-order valence-electron chi connectivity index (χ3n) is 2.44. The van der Waals surface area contributed by atoms with E-state index in [0.29, 0.717) is 5.56 Å². The molecule has 1 unspecified atom stereocenters. The highest BCUT2D eigenvalue weighted by atomic mass is 32.2. The number of carbonyl (C=O) groups is 1. The maximum Gasteiger partial charge on any atom is 0.325 e. The van der Waals surface area contributed by atoms with Crippen molar-refractivity contribution in [3.8, 4) is 0 Å². The van der Waals surface area contributed by atoms with Crippen LogP contribution in [0.2, 0.25) is 0 Å². The number of methoxy groups -OCH3 is 1. The van der Waals surface area contributed by atoms with E-state index in [-0.39, 0.29) is 10.7 Å². The van der Waals surface area contributed by atoms with Crippen LogP contribution in [0.15, 0.2) is 24.3 Å². The Bertz CT molecular complexity index is 598.